The molecule has 41 heavy (non-hydrogen) atoms. The number of hydrogen-bond donors (Lipinski definition) is 0. The zero-order chi connectivity index (χ0) is 28.0. The fraction of sp³-hybridized carbons (Fsp3) is 0.138. The Morgan fingerprint density at radius 3 is 1.83 bits per heavy atom. The second kappa shape index (κ2) is 8.38. The first-order valence-electron chi connectivity index (χ1n) is 13.0. The monoisotopic (exact) mass is 564 g/mol. The Kier molecular flexibility index (Phi) is 4.83. The highest BCUT2D eigenvalue weighted by Gasteiger charge is 2.50. The molecule has 0 fully saturated rings. The fourth-order valence-corrected chi connectivity index (χ4v) is 7.00. The van der Waals surface area contributed by atoms with Gasteiger partial charge >= 0.3 is 22.8 Å². The molecule has 4 atom stereocenters. The number of Topliss-reactive ketones (excluding diaryl/α,β-unsaturated/α-hetero) is 1. The number of carbonyl (C=O) groups is 1. The molecule has 2 unspecified atom stereocenters. The molecule has 3 aromatic heterocycles. The van der Waals surface area contributed by atoms with E-state index in [9.17, 15) is 24.0 Å². The summed E-state index contributed by atoms with van der Waals surface area (Å²) in [7, 11) is 0. The first-order chi connectivity index (χ1) is 20.0. The van der Waals surface area contributed by atoms with Crippen molar-refractivity contribution in [2.75, 3.05) is 0 Å². The lowest BCUT2D eigenvalue weighted by atomic mass is 9.83. The first kappa shape index (κ1) is 23.6. The number of para-hydroxylation sites is 2. The van der Waals surface area contributed by atoms with Gasteiger partial charge in [-0.05, 0) is 47.4 Å². The van der Waals surface area contributed by atoms with Crippen LogP contribution in [0.4, 0.5) is 0 Å². The number of allylic oxidation sites excluding steroid dienone is 4. The number of thiophene rings is 1. The number of benzene rings is 2. The van der Waals surface area contributed by atoms with Crippen LogP contribution in [0.25, 0.3) is 11.4 Å². The second-order valence-corrected chi connectivity index (χ2v) is 11.0. The number of hydrogen-bond acceptors (Lipinski definition) is 6. The normalized spacial score (nSPS) is 21.7. The molecule has 6 heterocycles. The summed E-state index contributed by atoms with van der Waals surface area (Å²) >= 11 is 1.24. The van der Waals surface area contributed by atoms with Gasteiger partial charge in [0.25, 0.3) is 0 Å². The molecule has 0 spiro atoms. The van der Waals surface area contributed by atoms with Crippen LogP contribution in [-0.2, 0) is 0 Å². The molecule has 11 nitrogen and oxygen atoms in total. The predicted molar refractivity (Wildman–Crippen MR) is 151 cm³/mol. The van der Waals surface area contributed by atoms with Crippen LogP contribution in [0.15, 0.2) is 121 Å². The molecule has 2 bridgehead atoms. The lowest BCUT2D eigenvalue weighted by Crippen LogP contribution is -2.51. The average Bonchev–Trinajstić information content (AvgIpc) is 3.70. The molecule has 12 heteroatoms. The average molecular weight is 565 g/mol. The van der Waals surface area contributed by atoms with Gasteiger partial charge in [0.2, 0.25) is 5.78 Å². The van der Waals surface area contributed by atoms with Crippen molar-refractivity contribution in [1.29, 1.82) is 0 Å². The SMILES string of the molecule is O=C(c1cccs1)C1C=C2C([C@H]3C=C[C@@H]2n2c(=O)n(-c4ccccc4)c(=O)n23)n2c(=O)n(-c3ccccc3)c(=O)n21. The number of rotatable bonds is 4. The van der Waals surface area contributed by atoms with Crippen LogP contribution in [0, 0.1) is 0 Å². The van der Waals surface area contributed by atoms with Crippen molar-refractivity contribution in [3.05, 3.63) is 149 Å². The van der Waals surface area contributed by atoms with Crippen molar-refractivity contribution < 1.29 is 4.79 Å². The van der Waals surface area contributed by atoms with Gasteiger partial charge < -0.3 is 0 Å². The standard InChI is InChI=1S/C29H20N6O5S/c36-25(23-12-7-15-41-23)22-16-19-20-13-14-21(33-27(38)30(26(37)32(20)33)17-8-3-1-4-9-17)24(19)35-29(40)31(28(39)34(22)35)18-10-5-2-6-11-18/h1-16,20-22,24H/t20-,21+,22?,24?/m0/s1. The van der Waals surface area contributed by atoms with Crippen molar-refractivity contribution in [1.82, 2.24) is 27.9 Å². The van der Waals surface area contributed by atoms with Gasteiger partial charge in [-0.1, -0.05) is 54.6 Å². The minimum Gasteiger partial charge on any atom is -0.290 e. The van der Waals surface area contributed by atoms with Gasteiger partial charge in [0.1, 0.15) is 18.1 Å². The lowest BCUT2D eigenvalue weighted by Gasteiger charge is -2.44. The molecule has 0 radical (unpaired) electrons. The van der Waals surface area contributed by atoms with Crippen LogP contribution in [0.1, 0.15) is 33.8 Å². The molecule has 3 aliphatic heterocycles. The molecule has 4 aliphatic rings. The second-order valence-electron chi connectivity index (χ2n) is 10.1. The van der Waals surface area contributed by atoms with Crippen molar-refractivity contribution in [3.63, 3.8) is 0 Å². The zero-order valence-corrected chi connectivity index (χ0v) is 22.0. The van der Waals surface area contributed by atoms with E-state index < -0.39 is 46.9 Å². The number of fused-ring (bicyclic) bond motifs is 1. The number of aromatic nitrogens is 6. The molecule has 0 amide bonds. The van der Waals surface area contributed by atoms with E-state index in [1.807, 2.05) is 6.08 Å². The maximum atomic E-state index is 14.1. The van der Waals surface area contributed by atoms with E-state index in [0.717, 1.165) is 9.13 Å². The van der Waals surface area contributed by atoms with Crippen LogP contribution >= 0.6 is 11.3 Å². The summed E-state index contributed by atoms with van der Waals surface area (Å²) < 4.78 is 7.36. The number of ketones is 1. The summed E-state index contributed by atoms with van der Waals surface area (Å²) in [6, 6.07) is 17.1. The van der Waals surface area contributed by atoms with Crippen LogP contribution < -0.4 is 22.8 Å². The van der Waals surface area contributed by atoms with Gasteiger partial charge in [-0.2, -0.15) is 0 Å². The summed E-state index contributed by atoms with van der Waals surface area (Å²) in [6.07, 6.45) is 5.28. The Balaban J connectivity index is 1.42. The van der Waals surface area contributed by atoms with Crippen molar-refractivity contribution in [2.45, 2.75) is 24.2 Å². The van der Waals surface area contributed by atoms with E-state index in [4.69, 9.17) is 0 Å². The van der Waals surface area contributed by atoms with E-state index in [1.165, 1.54) is 30.1 Å². The Hall–Kier alpha value is -5.23. The summed E-state index contributed by atoms with van der Waals surface area (Å²) in [6.45, 7) is 0. The Labute approximate surface area is 233 Å². The van der Waals surface area contributed by atoms with E-state index in [-0.39, 0.29) is 5.78 Å². The minimum atomic E-state index is -1.12. The van der Waals surface area contributed by atoms with Gasteiger partial charge in [-0.3, -0.25) is 4.79 Å². The molecule has 9 rings (SSSR count). The Bertz CT molecular complexity index is 2170. The lowest BCUT2D eigenvalue weighted by molar-refractivity contribution is 0.0910. The molecular weight excluding hydrogens is 544 g/mol. The molecule has 0 N–H and O–H groups in total. The van der Waals surface area contributed by atoms with Gasteiger partial charge in [-0.25, -0.2) is 47.0 Å². The van der Waals surface area contributed by atoms with Gasteiger partial charge in [0.15, 0.2) is 0 Å². The molecule has 2 aromatic carbocycles. The maximum Gasteiger partial charge on any atom is 0.352 e. The topological polar surface area (TPSA) is 115 Å². The predicted octanol–water partition coefficient (Wildman–Crippen LogP) is 2.25. The summed E-state index contributed by atoms with van der Waals surface area (Å²) in [5.41, 5.74) is -0.995. The van der Waals surface area contributed by atoms with Crippen molar-refractivity contribution >= 4 is 17.1 Å². The minimum absolute atomic E-state index is 0.343. The highest BCUT2D eigenvalue weighted by molar-refractivity contribution is 7.12. The van der Waals surface area contributed by atoms with Gasteiger partial charge in [-0.15, -0.1) is 11.3 Å². The first-order valence-corrected chi connectivity index (χ1v) is 13.9. The van der Waals surface area contributed by atoms with E-state index >= 15 is 0 Å². The van der Waals surface area contributed by atoms with Crippen molar-refractivity contribution in [3.8, 4) is 11.4 Å². The highest BCUT2D eigenvalue weighted by atomic mass is 32.1. The van der Waals surface area contributed by atoms with Crippen LogP contribution in [-0.4, -0.2) is 33.6 Å². The third-order valence-electron chi connectivity index (χ3n) is 8.00. The quantitative estimate of drug-likeness (QED) is 0.245. The third kappa shape index (κ3) is 3.04. The van der Waals surface area contributed by atoms with Crippen LogP contribution in [0.3, 0.4) is 0 Å². The summed E-state index contributed by atoms with van der Waals surface area (Å²) in [5.74, 6) is -0.343. The molecule has 202 valence electrons. The third-order valence-corrected chi connectivity index (χ3v) is 8.88. The maximum absolute atomic E-state index is 14.1. The fourth-order valence-electron chi connectivity index (χ4n) is 6.30. The largest absolute Gasteiger partial charge is 0.352 e. The Morgan fingerprint density at radius 2 is 1.22 bits per heavy atom. The van der Waals surface area contributed by atoms with Gasteiger partial charge in [0.05, 0.1) is 22.3 Å². The number of carbonyl (C=O) groups excluding carboxylic acids is 1. The summed E-state index contributed by atoms with van der Waals surface area (Å²) in [5, 5.41) is 1.77. The summed E-state index contributed by atoms with van der Waals surface area (Å²) in [4.78, 5) is 69.7. The van der Waals surface area contributed by atoms with E-state index in [0.29, 0.717) is 21.8 Å². The molecule has 0 saturated carbocycles. The van der Waals surface area contributed by atoms with Crippen molar-refractivity contribution in [2.24, 2.45) is 0 Å². The number of nitrogens with zero attached hydrogens (tertiary/aromatic N) is 6. The van der Waals surface area contributed by atoms with E-state index in [2.05, 4.69) is 0 Å². The van der Waals surface area contributed by atoms with Gasteiger partial charge in [0, 0.05) is 0 Å². The van der Waals surface area contributed by atoms with E-state index in [1.54, 1.807) is 90.3 Å². The molecule has 5 aromatic rings. The smallest absolute Gasteiger partial charge is 0.290 e. The highest BCUT2D eigenvalue weighted by Crippen LogP contribution is 2.48. The zero-order valence-electron chi connectivity index (χ0n) is 21.2. The molecular formula is C29H20N6O5S. The molecule has 0 saturated heterocycles. The van der Waals surface area contributed by atoms with Crippen LogP contribution in [0.2, 0.25) is 0 Å². The molecule has 1 aliphatic carbocycles. The Morgan fingerprint density at radius 1 is 0.634 bits per heavy atom. The van der Waals surface area contributed by atoms with Crippen LogP contribution in [0.5, 0.6) is 0 Å².